The topological polar surface area (TPSA) is 29.3 Å². The zero-order chi connectivity index (χ0) is 11.8. The largest absolute Gasteiger partial charge is 0.329 e. The Bertz CT molecular complexity index is 225. The molecule has 0 heterocycles. The van der Waals surface area contributed by atoms with Crippen molar-refractivity contribution in [2.45, 2.75) is 64.0 Å². The molecule has 0 bridgehead atoms. The van der Waals surface area contributed by atoms with Crippen molar-refractivity contribution in [3.8, 4) is 0 Å². The molecule has 0 atom stereocenters. The van der Waals surface area contributed by atoms with Gasteiger partial charge >= 0.3 is 0 Å². The van der Waals surface area contributed by atoms with E-state index in [1.54, 1.807) is 0 Å². The Morgan fingerprint density at radius 3 is 2.12 bits per heavy atom. The van der Waals surface area contributed by atoms with E-state index in [0.29, 0.717) is 5.54 Å². The molecule has 2 heteroatoms. The van der Waals surface area contributed by atoms with Gasteiger partial charge in [0.05, 0.1) is 0 Å². The molecule has 0 amide bonds. The average Bonchev–Trinajstić information content (AvgIpc) is 3.12. The van der Waals surface area contributed by atoms with Gasteiger partial charge in [0, 0.05) is 18.1 Å². The molecule has 16 heavy (non-hydrogen) atoms. The van der Waals surface area contributed by atoms with E-state index in [4.69, 9.17) is 5.73 Å². The van der Waals surface area contributed by atoms with E-state index in [1.165, 1.54) is 38.5 Å². The molecule has 2 aliphatic rings. The van der Waals surface area contributed by atoms with Crippen LogP contribution in [0, 0.1) is 11.8 Å². The van der Waals surface area contributed by atoms with Crippen molar-refractivity contribution in [2.24, 2.45) is 17.6 Å². The van der Waals surface area contributed by atoms with Crippen LogP contribution in [-0.4, -0.2) is 30.1 Å². The molecule has 0 saturated heterocycles. The van der Waals surface area contributed by atoms with Crippen molar-refractivity contribution >= 4 is 0 Å². The van der Waals surface area contributed by atoms with Gasteiger partial charge in [-0.2, -0.15) is 0 Å². The van der Waals surface area contributed by atoms with Crippen molar-refractivity contribution in [3.05, 3.63) is 0 Å². The van der Waals surface area contributed by atoms with E-state index in [1.807, 2.05) is 0 Å². The summed E-state index contributed by atoms with van der Waals surface area (Å²) in [6, 6.07) is 0.846. The van der Waals surface area contributed by atoms with Gasteiger partial charge in [0.25, 0.3) is 0 Å². The maximum atomic E-state index is 6.08. The highest BCUT2D eigenvalue weighted by Gasteiger charge is 2.43. The number of hydrogen-bond donors (Lipinski definition) is 1. The first-order valence-electron chi connectivity index (χ1n) is 7.02. The molecular weight excluding hydrogens is 196 g/mol. The van der Waals surface area contributed by atoms with Crippen LogP contribution in [0.15, 0.2) is 0 Å². The summed E-state index contributed by atoms with van der Waals surface area (Å²) in [6.45, 7) is 5.58. The number of likely N-dealkylation sites (N-methyl/N-ethyl adjacent to an activating group) is 1. The lowest BCUT2D eigenvalue weighted by molar-refractivity contribution is 0.0495. The highest BCUT2D eigenvalue weighted by atomic mass is 15.2. The normalized spacial score (nSPS) is 36.0. The summed E-state index contributed by atoms with van der Waals surface area (Å²) in [5.41, 5.74) is 6.42. The minimum absolute atomic E-state index is 0.340. The van der Waals surface area contributed by atoms with Gasteiger partial charge in [0.15, 0.2) is 0 Å². The maximum Gasteiger partial charge on any atom is 0.0331 e. The molecule has 0 aliphatic heterocycles. The van der Waals surface area contributed by atoms with Gasteiger partial charge in [0.1, 0.15) is 0 Å². The summed E-state index contributed by atoms with van der Waals surface area (Å²) < 4.78 is 0. The molecule has 2 aliphatic carbocycles. The summed E-state index contributed by atoms with van der Waals surface area (Å²) in [5, 5.41) is 0. The lowest BCUT2D eigenvalue weighted by atomic mass is 9.72. The first kappa shape index (κ1) is 12.4. The van der Waals surface area contributed by atoms with E-state index in [0.717, 1.165) is 24.4 Å². The fraction of sp³-hybridized carbons (Fsp3) is 1.00. The molecule has 0 radical (unpaired) electrons. The molecule has 2 rings (SSSR count). The van der Waals surface area contributed by atoms with Crippen LogP contribution in [0.2, 0.25) is 0 Å². The van der Waals surface area contributed by atoms with Gasteiger partial charge in [-0.1, -0.05) is 13.8 Å². The summed E-state index contributed by atoms with van der Waals surface area (Å²) >= 11 is 0. The van der Waals surface area contributed by atoms with E-state index in [-0.39, 0.29) is 0 Å². The summed E-state index contributed by atoms with van der Waals surface area (Å²) in [7, 11) is 2.31. The van der Waals surface area contributed by atoms with Crippen molar-refractivity contribution in [1.82, 2.24) is 4.90 Å². The number of nitrogens with zero attached hydrogens (tertiary/aromatic N) is 1. The smallest absolute Gasteiger partial charge is 0.0331 e. The van der Waals surface area contributed by atoms with Crippen LogP contribution in [0.4, 0.5) is 0 Å². The van der Waals surface area contributed by atoms with Crippen LogP contribution < -0.4 is 5.73 Å². The van der Waals surface area contributed by atoms with Gasteiger partial charge < -0.3 is 5.73 Å². The Kier molecular flexibility index (Phi) is 3.60. The highest BCUT2D eigenvalue weighted by Crippen LogP contribution is 2.42. The molecule has 0 unspecified atom stereocenters. The van der Waals surface area contributed by atoms with E-state index in [9.17, 15) is 0 Å². The Morgan fingerprint density at radius 1 is 1.19 bits per heavy atom. The van der Waals surface area contributed by atoms with Gasteiger partial charge in [-0.15, -0.1) is 0 Å². The van der Waals surface area contributed by atoms with Gasteiger partial charge in [-0.3, -0.25) is 4.90 Å². The van der Waals surface area contributed by atoms with Crippen LogP contribution in [0.25, 0.3) is 0 Å². The lowest BCUT2D eigenvalue weighted by Crippen LogP contribution is -2.55. The summed E-state index contributed by atoms with van der Waals surface area (Å²) in [6.07, 6.45) is 8.19. The monoisotopic (exact) mass is 224 g/mol. The summed E-state index contributed by atoms with van der Waals surface area (Å²) in [4.78, 5) is 2.61. The van der Waals surface area contributed by atoms with Crippen LogP contribution in [0.3, 0.4) is 0 Å². The van der Waals surface area contributed by atoms with Crippen molar-refractivity contribution in [3.63, 3.8) is 0 Å². The van der Waals surface area contributed by atoms with Crippen LogP contribution >= 0.6 is 0 Å². The second kappa shape index (κ2) is 4.66. The first-order valence-corrected chi connectivity index (χ1v) is 7.02. The Labute approximate surface area is 101 Å². The van der Waals surface area contributed by atoms with Crippen LogP contribution in [0.5, 0.6) is 0 Å². The second-order valence-electron chi connectivity index (χ2n) is 6.35. The standard InChI is InChI=1S/C14H28N2/c1-11(2)12-6-8-14(10-15,9-7-12)16(3)13-4-5-13/h11-13H,4-10,15H2,1-3H3. The third kappa shape index (κ3) is 2.28. The van der Waals surface area contributed by atoms with Gasteiger partial charge in [0.2, 0.25) is 0 Å². The Hall–Kier alpha value is -0.0800. The quantitative estimate of drug-likeness (QED) is 0.795. The van der Waals surface area contributed by atoms with E-state index >= 15 is 0 Å². The second-order valence-corrected chi connectivity index (χ2v) is 6.35. The van der Waals surface area contributed by atoms with Crippen molar-refractivity contribution in [2.75, 3.05) is 13.6 Å². The third-order valence-electron chi connectivity index (χ3n) is 5.13. The SMILES string of the molecule is CC(C)C1CCC(CN)(N(C)C2CC2)CC1. The number of rotatable bonds is 4. The Morgan fingerprint density at radius 2 is 1.75 bits per heavy atom. The fourth-order valence-electron chi connectivity index (χ4n) is 3.39. The fourth-order valence-corrected chi connectivity index (χ4v) is 3.39. The maximum absolute atomic E-state index is 6.08. The molecule has 0 aromatic rings. The number of hydrogen-bond acceptors (Lipinski definition) is 2. The summed E-state index contributed by atoms with van der Waals surface area (Å²) in [5.74, 6) is 1.79. The van der Waals surface area contributed by atoms with Crippen molar-refractivity contribution in [1.29, 1.82) is 0 Å². The molecular formula is C14H28N2. The van der Waals surface area contributed by atoms with Gasteiger partial charge in [-0.25, -0.2) is 0 Å². The molecule has 2 saturated carbocycles. The Balaban J connectivity index is 1.96. The molecule has 94 valence electrons. The molecule has 0 aromatic heterocycles. The molecule has 2 fully saturated rings. The van der Waals surface area contributed by atoms with Crippen LogP contribution in [0.1, 0.15) is 52.4 Å². The predicted molar refractivity (Wildman–Crippen MR) is 69.4 cm³/mol. The predicted octanol–water partition coefficient (Wildman–Crippen LogP) is 2.62. The van der Waals surface area contributed by atoms with Gasteiger partial charge in [-0.05, 0) is 57.4 Å². The molecule has 0 spiro atoms. The lowest BCUT2D eigenvalue weighted by Gasteiger charge is -2.47. The van der Waals surface area contributed by atoms with E-state index < -0.39 is 0 Å². The van der Waals surface area contributed by atoms with Crippen molar-refractivity contribution < 1.29 is 0 Å². The average molecular weight is 224 g/mol. The minimum Gasteiger partial charge on any atom is -0.329 e. The zero-order valence-corrected chi connectivity index (χ0v) is 11.2. The molecule has 2 nitrogen and oxygen atoms in total. The highest BCUT2D eigenvalue weighted by molar-refractivity contribution is 5.00. The molecule has 0 aromatic carbocycles. The van der Waals surface area contributed by atoms with Crippen LogP contribution in [-0.2, 0) is 0 Å². The number of nitrogens with two attached hydrogens (primary N) is 1. The zero-order valence-electron chi connectivity index (χ0n) is 11.2. The third-order valence-corrected chi connectivity index (χ3v) is 5.13. The minimum atomic E-state index is 0.340. The molecule has 2 N–H and O–H groups in total. The van der Waals surface area contributed by atoms with E-state index in [2.05, 4.69) is 25.8 Å². The first-order chi connectivity index (χ1) is 7.59.